The van der Waals surface area contributed by atoms with E-state index in [0.717, 1.165) is 0 Å². The minimum atomic E-state index is -0.0880. The molecule has 1 radical (unpaired) electrons. The Morgan fingerprint density at radius 2 is 1.67 bits per heavy atom. The first kappa shape index (κ1) is 8.59. The molecule has 0 unspecified atom stereocenters. The van der Waals surface area contributed by atoms with E-state index in [0.29, 0.717) is 5.56 Å². The summed E-state index contributed by atoms with van der Waals surface area (Å²) >= 11 is 0. The van der Waals surface area contributed by atoms with Crippen molar-refractivity contribution >= 4 is 5.91 Å². The van der Waals surface area contributed by atoms with Gasteiger partial charge < -0.3 is 4.90 Å². The molecule has 12 heavy (non-hydrogen) atoms. The molecular weight excluding hydrogens is 154 g/mol. The van der Waals surface area contributed by atoms with Crippen LogP contribution >= 0.6 is 0 Å². The van der Waals surface area contributed by atoms with Crippen LogP contribution in [0.5, 0.6) is 5.75 Å². The van der Waals surface area contributed by atoms with Gasteiger partial charge in [-0.3, -0.25) is 9.90 Å². The summed E-state index contributed by atoms with van der Waals surface area (Å²) in [4.78, 5) is 12.8. The Morgan fingerprint density at radius 1 is 1.17 bits per heavy atom. The molecule has 3 heteroatoms. The van der Waals surface area contributed by atoms with E-state index in [9.17, 15) is 9.90 Å². The highest BCUT2D eigenvalue weighted by Crippen LogP contribution is 2.11. The largest absolute Gasteiger partial charge is 0.345 e. The number of hydrogen-bond acceptors (Lipinski definition) is 1. The Labute approximate surface area is 71.2 Å². The topological polar surface area (TPSA) is 40.2 Å². The third-order valence-electron chi connectivity index (χ3n) is 1.51. The molecule has 0 bridgehead atoms. The average molecular weight is 164 g/mol. The summed E-state index contributed by atoms with van der Waals surface area (Å²) in [5, 5.41) is 10.7. The molecule has 0 fully saturated rings. The van der Waals surface area contributed by atoms with Gasteiger partial charge in [0.15, 0.2) is 5.75 Å². The van der Waals surface area contributed by atoms with Crippen LogP contribution in [0.15, 0.2) is 24.3 Å². The zero-order chi connectivity index (χ0) is 9.14. The number of carbonyl (C=O) groups is 1. The molecule has 0 atom stereocenters. The number of benzene rings is 1. The highest BCUT2D eigenvalue weighted by atomic mass is 16.3. The fourth-order valence-corrected chi connectivity index (χ4v) is 0.856. The highest BCUT2D eigenvalue weighted by Gasteiger charge is 2.06. The molecule has 1 amide bonds. The quantitative estimate of drug-likeness (QED) is 0.620. The first-order valence-electron chi connectivity index (χ1n) is 3.60. The molecule has 1 aromatic rings. The third-order valence-corrected chi connectivity index (χ3v) is 1.51. The zero-order valence-corrected chi connectivity index (χ0v) is 7.07. The molecular formula is C9H10NO2. The van der Waals surface area contributed by atoms with Crippen molar-refractivity contribution in [3.8, 4) is 5.75 Å². The second kappa shape index (κ2) is 3.26. The molecule has 0 aliphatic heterocycles. The smallest absolute Gasteiger partial charge is 0.253 e. The maximum absolute atomic E-state index is 11.3. The number of amides is 1. The molecule has 0 aliphatic carbocycles. The van der Waals surface area contributed by atoms with Crippen molar-refractivity contribution in [2.24, 2.45) is 0 Å². The molecule has 3 nitrogen and oxygen atoms in total. The van der Waals surface area contributed by atoms with Crippen LogP contribution in [-0.4, -0.2) is 24.9 Å². The minimum Gasteiger partial charge on any atom is -0.345 e. The standard InChI is InChI=1S/C9H10NO2/c1-10(2)9(12)7-3-5-8(11)6-4-7/h3-6H,1-2H3. The number of carbonyl (C=O) groups excluding carboxylic acids is 1. The van der Waals surface area contributed by atoms with Crippen molar-refractivity contribution < 1.29 is 9.90 Å². The van der Waals surface area contributed by atoms with Crippen LogP contribution in [0.2, 0.25) is 0 Å². The van der Waals surface area contributed by atoms with Gasteiger partial charge in [-0.05, 0) is 24.3 Å². The van der Waals surface area contributed by atoms with E-state index in [4.69, 9.17) is 0 Å². The van der Waals surface area contributed by atoms with Crippen LogP contribution in [0.25, 0.3) is 0 Å². The van der Waals surface area contributed by atoms with Crippen molar-refractivity contribution in [3.05, 3.63) is 29.8 Å². The Balaban J connectivity index is 2.90. The lowest BCUT2D eigenvalue weighted by molar-refractivity contribution is 0.0827. The highest BCUT2D eigenvalue weighted by molar-refractivity contribution is 5.93. The summed E-state index contributed by atoms with van der Waals surface area (Å²) in [6.45, 7) is 0. The van der Waals surface area contributed by atoms with Crippen LogP contribution in [0, 0.1) is 0 Å². The maximum atomic E-state index is 11.3. The van der Waals surface area contributed by atoms with Crippen LogP contribution in [0.1, 0.15) is 10.4 Å². The molecule has 0 spiro atoms. The van der Waals surface area contributed by atoms with E-state index < -0.39 is 0 Å². The van der Waals surface area contributed by atoms with E-state index in [1.54, 1.807) is 14.1 Å². The zero-order valence-electron chi connectivity index (χ0n) is 7.07. The van der Waals surface area contributed by atoms with Crippen LogP contribution in [0.3, 0.4) is 0 Å². The first-order chi connectivity index (χ1) is 5.61. The van der Waals surface area contributed by atoms with Crippen molar-refractivity contribution in [1.82, 2.24) is 4.90 Å². The van der Waals surface area contributed by atoms with Crippen LogP contribution < -0.4 is 0 Å². The van der Waals surface area contributed by atoms with Gasteiger partial charge in [-0.15, -0.1) is 0 Å². The number of nitrogens with zero attached hydrogens (tertiary/aromatic N) is 1. The average Bonchev–Trinajstić information content (AvgIpc) is 2.04. The summed E-state index contributed by atoms with van der Waals surface area (Å²) in [5.41, 5.74) is 0.541. The van der Waals surface area contributed by atoms with Gasteiger partial charge in [-0.2, -0.15) is 0 Å². The van der Waals surface area contributed by atoms with E-state index in [1.165, 1.54) is 29.2 Å². The molecule has 0 saturated heterocycles. The van der Waals surface area contributed by atoms with Gasteiger partial charge in [0.1, 0.15) is 0 Å². The maximum Gasteiger partial charge on any atom is 0.253 e. The Morgan fingerprint density at radius 3 is 2.08 bits per heavy atom. The Bertz CT molecular complexity index is 277. The molecule has 0 saturated carbocycles. The monoisotopic (exact) mass is 164 g/mol. The van der Waals surface area contributed by atoms with Crippen molar-refractivity contribution in [2.45, 2.75) is 0 Å². The summed E-state index contributed by atoms with van der Waals surface area (Å²) in [7, 11) is 3.35. The molecule has 0 N–H and O–H groups in total. The van der Waals surface area contributed by atoms with E-state index in [1.807, 2.05) is 0 Å². The molecule has 0 aliphatic rings. The van der Waals surface area contributed by atoms with Gasteiger partial charge in [0, 0.05) is 19.7 Å². The predicted octanol–water partition coefficient (Wildman–Crippen LogP) is 1.53. The molecule has 1 aromatic carbocycles. The number of rotatable bonds is 1. The van der Waals surface area contributed by atoms with Gasteiger partial charge in [-0.25, -0.2) is 0 Å². The lowest BCUT2D eigenvalue weighted by Crippen LogP contribution is -2.21. The second-order valence-corrected chi connectivity index (χ2v) is 2.72. The molecule has 0 aromatic heterocycles. The van der Waals surface area contributed by atoms with Gasteiger partial charge >= 0.3 is 0 Å². The first-order valence-corrected chi connectivity index (χ1v) is 3.60. The van der Waals surface area contributed by atoms with Gasteiger partial charge in [-0.1, -0.05) is 0 Å². The SMILES string of the molecule is CN(C)C(=O)c1ccc([O])cc1. The fraction of sp³-hybridized carbons (Fsp3) is 0.222. The van der Waals surface area contributed by atoms with Crippen molar-refractivity contribution in [3.63, 3.8) is 0 Å². The summed E-state index contributed by atoms with van der Waals surface area (Å²) < 4.78 is 0. The van der Waals surface area contributed by atoms with Crippen LogP contribution in [0.4, 0.5) is 0 Å². The lowest BCUT2D eigenvalue weighted by Gasteiger charge is -2.09. The van der Waals surface area contributed by atoms with Gasteiger partial charge in [0.05, 0.1) is 0 Å². The molecule has 1 rings (SSSR count). The fourth-order valence-electron chi connectivity index (χ4n) is 0.856. The number of hydrogen-bond donors (Lipinski definition) is 0. The molecule has 0 heterocycles. The van der Waals surface area contributed by atoms with Gasteiger partial charge in [0.2, 0.25) is 0 Å². The van der Waals surface area contributed by atoms with E-state index >= 15 is 0 Å². The Kier molecular flexibility index (Phi) is 2.33. The van der Waals surface area contributed by atoms with Crippen molar-refractivity contribution in [2.75, 3.05) is 14.1 Å². The normalized spacial score (nSPS) is 9.50. The lowest BCUT2D eigenvalue weighted by atomic mass is 10.2. The van der Waals surface area contributed by atoms with Crippen molar-refractivity contribution in [1.29, 1.82) is 0 Å². The Hall–Kier alpha value is -1.51. The summed E-state index contributed by atoms with van der Waals surface area (Å²) in [6.07, 6.45) is 0. The predicted molar refractivity (Wildman–Crippen MR) is 44.6 cm³/mol. The minimum absolute atomic E-state index is 0.0784. The summed E-state index contributed by atoms with van der Waals surface area (Å²) in [5.74, 6) is -0.166. The third kappa shape index (κ3) is 1.75. The van der Waals surface area contributed by atoms with E-state index in [2.05, 4.69) is 0 Å². The molecule has 63 valence electrons. The van der Waals surface area contributed by atoms with Gasteiger partial charge in [0.25, 0.3) is 5.91 Å². The van der Waals surface area contributed by atoms with Crippen LogP contribution in [-0.2, 0) is 5.11 Å². The second-order valence-electron chi connectivity index (χ2n) is 2.72. The summed E-state index contributed by atoms with van der Waals surface area (Å²) in [6, 6.07) is 5.84. The van der Waals surface area contributed by atoms with E-state index in [-0.39, 0.29) is 11.7 Å².